The predicted molar refractivity (Wildman–Crippen MR) is 153 cm³/mol. The SMILES string of the molecule is CC[C@]12C=CCN(c3ccccc3)C(=O)[C@H]1[C@H]1C(=O)N([C@@H](CO)CC(C)C)C3C(=O)N(C(C)(C)C)CC=C[C@@]31O2. The monoisotopic (exact) mass is 549 g/mol. The van der Waals surface area contributed by atoms with E-state index in [1.807, 2.05) is 96.2 Å². The zero-order chi connectivity index (χ0) is 29.0. The summed E-state index contributed by atoms with van der Waals surface area (Å²) in [5.74, 6) is -2.24. The summed E-state index contributed by atoms with van der Waals surface area (Å²) in [5.41, 5.74) is -2.13. The fourth-order valence-corrected chi connectivity index (χ4v) is 7.36. The van der Waals surface area contributed by atoms with E-state index >= 15 is 0 Å². The number of fused-ring (bicyclic) bond motifs is 2. The zero-order valence-corrected chi connectivity index (χ0v) is 24.5. The second-order valence-corrected chi connectivity index (χ2v) is 13.0. The molecule has 1 unspecified atom stereocenters. The van der Waals surface area contributed by atoms with Gasteiger partial charge < -0.3 is 24.5 Å². The summed E-state index contributed by atoms with van der Waals surface area (Å²) in [5, 5.41) is 10.5. The lowest BCUT2D eigenvalue weighted by Crippen LogP contribution is -2.61. The molecule has 3 amide bonds. The van der Waals surface area contributed by atoms with Gasteiger partial charge in [-0.1, -0.05) is 63.3 Å². The largest absolute Gasteiger partial charge is 0.394 e. The van der Waals surface area contributed by atoms with Gasteiger partial charge in [-0.05, 0) is 51.7 Å². The Morgan fingerprint density at radius 1 is 0.975 bits per heavy atom. The first kappa shape index (κ1) is 28.6. The molecule has 40 heavy (non-hydrogen) atoms. The fraction of sp³-hybridized carbons (Fsp3) is 0.594. The lowest BCUT2D eigenvalue weighted by Gasteiger charge is -2.43. The Hall–Kier alpha value is -2.97. The molecule has 216 valence electrons. The van der Waals surface area contributed by atoms with Crippen molar-refractivity contribution in [3.8, 4) is 0 Å². The molecule has 1 aromatic rings. The third kappa shape index (κ3) is 4.22. The maximum absolute atomic E-state index is 14.7. The molecule has 2 saturated heterocycles. The molecule has 8 heteroatoms. The molecule has 0 aliphatic carbocycles. The van der Waals surface area contributed by atoms with E-state index in [-0.39, 0.29) is 30.2 Å². The highest BCUT2D eigenvalue weighted by molar-refractivity contribution is 6.04. The minimum atomic E-state index is -1.33. The summed E-state index contributed by atoms with van der Waals surface area (Å²) >= 11 is 0. The summed E-state index contributed by atoms with van der Waals surface area (Å²) < 4.78 is 7.05. The number of carbonyl (C=O) groups is 3. The van der Waals surface area contributed by atoms with E-state index in [0.717, 1.165) is 5.69 Å². The highest BCUT2D eigenvalue weighted by atomic mass is 16.5. The third-order valence-corrected chi connectivity index (χ3v) is 9.10. The predicted octanol–water partition coefficient (Wildman–Crippen LogP) is 3.55. The first-order chi connectivity index (χ1) is 18.9. The van der Waals surface area contributed by atoms with Crippen molar-refractivity contribution in [3.05, 3.63) is 54.6 Å². The van der Waals surface area contributed by atoms with Gasteiger partial charge in [0.1, 0.15) is 11.6 Å². The summed E-state index contributed by atoms with van der Waals surface area (Å²) in [6.07, 6.45) is 8.70. The molecule has 0 saturated carbocycles. The van der Waals surface area contributed by atoms with Crippen molar-refractivity contribution >= 4 is 23.4 Å². The topological polar surface area (TPSA) is 90.4 Å². The molecular formula is C32H43N3O5. The smallest absolute Gasteiger partial charge is 0.249 e. The average Bonchev–Trinajstić information content (AvgIpc) is 3.19. The number of hydrogen-bond acceptors (Lipinski definition) is 5. The second-order valence-electron chi connectivity index (χ2n) is 13.0. The lowest BCUT2D eigenvalue weighted by molar-refractivity contribution is -0.158. The number of likely N-dealkylation sites (tertiary alicyclic amines) is 1. The van der Waals surface area contributed by atoms with E-state index in [1.165, 1.54) is 0 Å². The van der Waals surface area contributed by atoms with Crippen LogP contribution in [0.3, 0.4) is 0 Å². The lowest BCUT2D eigenvalue weighted by atomic mass is 9.73. The standard InChI is InChI=1S/C32H43N3O5/c1-7-31-15-11-17-33(22-13-9-8-10-14-22)27(37)24(31)25-28(38)35(23(20-36)19-21(2)3)26-29(39)34(30(4,5)6)18-12-16-32(25,26)40-31/h8-16,21,23-26,36H,7,17-20H2,1-6H3/t23-,24-,25+,26?,31+,32+/m1/s1. The molecule has 4 heterocycles. The van der Waals surface area contributed by atoms with Crippen LogP contribution < -0.4 is 4.90 Å². The van der Waals surface area contributed by atoms with Gasteiger partial charge >= 0.3 is 0 Å². The van der Waals surface area contributed by atoms with E-state index in [1.54, 1.807) is 14.7 Å². The number of anilines is 1. The number of benzene rings is 1. The summed E-state index contributed by atoms with van der Waals surface area (Å²) in [4.78, 5) is 48.8. The molecule has 6 atom stereocenters. The normalized spacial score (nSPS) is 32.8. The van der Waals surface area contributed by atoms with Gasteiger partial charge in [0.15, 0.2) is 0 Å². The first-order valence-corrected chi connectivity index (χ1v) is 14.6. The van der Waals surface area contributed by atoms with E-state index < -0.39 is 40.7 Å². The molecule has 0 bridgehead atoms. The van der Waals surface area contributed by atoms with Crippen LogP contribution in [-0.4, -0.2) is 81.1 Å². The third-order valence-electron chi connectivity index (χ3n) is 9.10. The summed E-state index contributed by atoms with van der Waals surface area (Å²) in [6, 6.07) is 7.91. The summed E-state index contributed by atoms with van der Waals surface area (Å²) in [7, 11) is 0. The van der Waals surface area contributed by atoms with E-state index in [9.17, 15) is 19.5 Å². The second kappa shape index (κ2) is 10.1. The van der Waals surface area contributed by atoms with Crippen LogP contribution in [0.4, 0.5) is 5.69 Å². The van der Waals surface area contributed by atoms with Crippen LogP contribution in [0.15, 0.2) is 54.6 Å². The van der Waals surface area contributed by atoms with Crippen molar-refractivity contribution in [2.45, 2.75) is 83.2 Å². The molecule has 5 rings (SSSR count). The molecule has 1 spiro atoms. The van der Waals surface area contributed by atoms with Gasteiger partial charge in [0.2, 0.25) is 17.7 Å². The number of hydrogen-bond donors (Lipinski definition) is 1. The van der Waals surface area contributed by atoms with E-state index in [4.69, 9.17) is 4.74 Å². The van der Waals surface area contributed by atoms with E-state index in [0.29, 0.717) is 25.9 Å². The number of amides is 3. The van der Waals surface area contributed by atoms with Gasteiger partial charge in [0.25, 0.3) is 0 Å². The molecule has 2 fully saturated rings. The number of aliphatic hydroxyl groups excluding tert-OH is 1. The number of rotatable bonds is 6. The highest BCUT2D eigenvalue weighted by Crippen LogP contribution is 2.59. The first-order valence-electron chi connectivity index (χ1n) is 14.6. The van der Waals surface area contributed by atoms with Gasteiger partial charge in [-0.3, -0.25) is 14.4 Å². The molecular weight excluding hydrogens is 506 g/mol. The number of ether oxygens (including phenoxy) is 1. The Morgan fingerprint density at radius 3 is 2.25 bits per heavy atom. The Labute approximate surface area is 237 Å². The van der Waals surface area contributed by atoms with Crippen molar-refractivity contribution < 1.29 is 24.2 Å². The van der Waals surface area contributed by atoms with Crippen LogP contribution in [0.5, 0.6) is 0 Å². The minimum absolute atomic E-state index is 0.183. The fourth-order valence-electron chi connectivity index (χ4n) is 7.36. The molecule has 1 N–H and O–H groups in total. The van der Waals surface area contributed by atoms with Crippen LogP contribution in [0.1, 0.15) is 54.4 Å². The molecule has 4 aliphatic heterocycles. The van der Waals surface area contributed by atoms with Crippen LogP contribution in [0.25, 0.3) is 0 Å². The molecule has 1 aromatic carbocycles. The van der Waals surface area contributed by atoms with Crippen LogP contribution >= 0.6 is 0 Å². The number of aliphatic hydroxyl groups is 1. The van der Waals surface area contributed by atoms with Crippen LogP contribution in [0, 0.1) is 17.8 Å². The van der Waals surface area contributed by atoms with Gasteiger partial charge in [0, 0.05) is 24.3 Å². The minimum Gasteiger partial charge on any atom is -0.394 e. The van der Waals surface area contributed by atoms with Crippen LogP contribution in [-0.2, 0) is 19.1 Å². The Morgan fingerprint density at radius 2 is 1.65 bits per heavy atom. The number of carbonyl (C=O) groups excluding carboxylic acids is 3. The van der Waals surface area contributed by atoms with Gasteiger partial charge in [-0.15, -0.1) is 0 Å². The summed E-state index contributed by atoms with van der Waals surface area (Å²) in [6.45, 7) is 12.4. The molecule has 0 aromatic heterocycles. The Kier molecular flexibility index (Phi) is 7.24. The van der Waals surface area contributed by atoms with E-state index in [2.05, 4.69) is 0 Å². The Bertz CT molecular complexity index is 1220. The van der Waals surface area contributed by atoms with Crippen molar-refractivity contribution in [2.75, 3.05) is 24.6 Å². The quantitative estimate of drug-likeness (QED) is 0.548. The van der Waals surface area contributed by atoms with Gasteiger partial charge in [-0.2, -0.15) is 0 Å². The molecule has 4 aliphatic rings. The average molecular weight is 550 g/mol. The molecule has 0 radical (unpaired) electrons. The van der Waals surface area contributed by atoms with Crippen molar-refractivity contribution in [1.82, 2.24) is 9.80 Å². The maximum atomic E-state index is 14.7. The maximum Gasteiger partial charge on any atom is 0.249 e. The zero-order valence-electron chi connectivity index (χ0n) is 24.5. The molecule has 8 nitrogen and oxygen atoms in total. The van der Waals surface area contributed by atoms with Crippen molar-refractivity contribution in [2.24, 2.45) is 17.8 Å². The Balaban J connectivity index is 1.70. The number of para-hydroxylation sites is 1. The van der Waals surface area contributed by atoms with Crippen molar-refractivity contribution in [3.63, 3.8) is 0 Å². The van der Waals surface area contributed by atoms with Crippen molar-refractivity contribution in [1.29, 1.82) is 0 Å². The van der Waals surface area contributed by atoms with Gasteiger partial charge in [0.05, 0.1) is 30.1 Å². The number of nitrogens with zero attached hydrogens (tertiary/aromatic N) is 3. The van der Waals surface area contributed by atoms with Gasteiger partial charge in [-0.25, -0.2) is 0 Å². The van der Waals surface area contributed by atoms with Crippen LogP contribution in [0.2, 0.25) is 0 Å². The highest BCUT2D eigenvalue weighted by Gasteiger charge is 2.76.